The number of ether oxygens (including phenoxy) is 13. The van der Waals surface area contributed by atoms with E-state index >= 15 is 0 Å². The fraction of sp³-hybridized carbons (Fsp3) is 0.986. The fourth-order valence-corrected chi connectivity index (χ4v) is 18.0. The molecule has 0 aromatic rings. The highest BCUT2D eigenvalue weighted by Crippen LogP contribution is 2.66. The van der Waals surface area contributed by atoms with Gasteiger partial charge in [0.2, 0.25) is 0 Å². The molecule has 6 fully saturated rings. The standard InChI is InChI=1S/C71H130O25/c1-31-50(8)54(12,32-72)93-59(17,67(25,80)65(50,23)78)42-86-35-51(9)52(10,64(22,77)58(16,38-84-30)94-55(51,13)33-73)36-87-39-56(14)53(11,66(24,79)68(26,81)61(19,95-56)43-89-45(2)74)37-88-40-57(15)63(21,76)46(75)49(7,47(3,4)91-57)34-85-41-60(18)69(27,82)70(28,83)71(29)62(20,96-60)44-90-48(5,6)92-71/h46,72-73,75-83H,31-44H2,1-30H3/t46-,49-,50+,51-,52+,53?,54?,55?,56+,57-,58-,59-,60-,61?,62?,63?,64?,65+,66-,67?,68+,69?,70-,71+/m0/s1. The molecule has 6 aliphatic rings. The van der Waals surface area contributed by atoms with Gasteiger partial charge in [0.1, 0.15) is 96.2 Å². The van der Waals surface area contributed by atoms with E-state index in [4.69, 9.17) is 61.6 Å². The van der Waals surface area contributed by atoms with Gasteiger partial charge in [0.25, 0.3) is 0 Å². The lowest BCUT2D eigenvalue weighted by Crippen LogP contribution is -2.87. The molecular weight excluding hydrogens is 1250 g/mol. The van der Waals surface area contributed by atoms with Gasteiger partial charge in [0, 0.05) is 35.7 Å². The fourth-order valence-electron chi connectivity index (χ4n) is 18.0. The Balaban J connectivity index is 1.34. The molecule has 25 heteroatoms. The van der Waals surface area contributed by atoms with Crippen LogP contribution in [0.4, 0.5) is 0 Å². The van der Waals surface area contributed by atoms with E-state index in [9.17, 15) is 61.0 Å². The first-order valence-electron chi connectivity index (χ1n) is 34.1. The molecule has 0 bridgehead atoms. The third kappa shape index (κ3) is 10.9. The zero-order valence-electron chi connectivity index (χ0n) is 64.1. The number of methoxy groups -OCH3 is 1. The summed E-state index contributed by atoms with van der Waals surface area (Å²) >= 11 is 0. The van der Waals surface area contributed by atoms with Gasteiger partial charge in [-0.25, -0.2) is 0 Å². The van der Waals surface area contributed by atoms with Gasteiger partial charge in [-0.15, -0.1) is 0 Å². The van der Waals surface area contributed by atoms with E-state index < -0.39 is 191 Å². The topological polar surface area (TPSA) is 360 Å². The predicted molar refractivity (Wildman–Crippen MR) is 352 cm³/mol. The molecule has 0 aliphatic carbocycles. The zero-order chi connectivity index (χ0) is 74.7. The summed E-state index contributed by atoms with van der Waals surface area (Å²) < 4.78 is 85.0. The van der Waals surface area contributed by atoms with Crippen LogP contribution < -0.4 is 0 Å². The summed E-state index contributed by atoms with van der Waals surface area (Å²) in [6.45, 7) is 41.8. The summed E-state index contributed by atoms with van der Waals surface area (Å²) in [5.41, 5.74) is -41.1. The second-order valence-electron chi connectivity index (χ2n) is 35.6. The maximum atomic E-state index is 13.4. The zero-order valence-corrected chi connectivity index (χ0v) is 64.1. The number of fused-ring (bicyclic) bond motifs is 1. The number of carbonyl (C=O) groups is 1. The van der Waals surface area contributed by atoms with E-state index in [2.05, 4.69) is 0 Å². The molecule has 24 atom stereocenters. The average Bonchev–Trinajstić information content (AvgIpc) is 0.697. The van der Waals surface area contributed by atoms with Gasteiger partial charge in [0.15, 0.2) is 5.79 Å². The lowest BCUT2D eigenvalue weighted by Gasteiger charge is -2.70. The Hall–Kier alpha value is -1.45. The van der Waals surface area contributed by atoms with Crippen molar-refractivity contribution in [2.75, 3.05) is 93.0 Å². The molecule has 6 heterocycles. The molecule has 6 aliphatic heterocycles. The van der Waals surface area contributed by atoms with E-state index in [0.29, 0.717) is 6.42 Å². The molecule has 6 rings (SSSR count). The van der Waals surface area contributed by atoms with Crippen LogP contribution in [0.5, 0.6) is 0 Å². The monoisotopic (exact) mass is 1380 g/mol. The van der Waals surface area contributed by atoms with Crippen LogP contribution in [-0.4, -0.2) is 273 Å². The minimum Gasteiger partial charge on any atom is -0.463 e. The van der Waals surface area contributed by atoms with Crippen molar-refractivity contribution in [3.63, 3.8) is 0 Å². The Kier molecular flexibility index (Phi) is 21.1. The maximum Gasteiger partial charge on any atom is 0.302 e. The number of aliphatic hydroxyl groups excluding tert-OH is 3. The van der Waals surface area contributed by atoms with Gasteiger partial charge in [-0.2, -0.15) is 0 Å². The van der Waals surface area contributed by atoms with E-state index in [1.54, 1.807) is 132 Å². The summed E-state index contributed by atoms with van der Waals surface area (Å²) in [5.74, 6) is -1.81. The molecule has 0 spiro atoms. The highest BCUT2D eigenvalue weighted by Gasteiger charge is 2.80. The van der Waals surface area contributed by atoms with E-state index in [1.807, 2.05) is 6.92 Å². The van der Waals surface area contributed by atoms with Crippen LogP contribution in [-0.2, 0) is 66.4 Å². The van der Waals surface area contributed by atoms with Crippen LogP contribution in [0.1, 0.15) is 207 Å². The lowest BCUT2D eigenvalue weighted by atomic mass is 9.47. The first kappa shape index (κ1) is 83.5. The molecular formula is C71H130O25. The van der Waals surface area contributed by atoms with Crippen molar-refractivity contribution < 1.29 is 123 Å². The van der Waals surface area contributed by atoms with Crippen molar-refractivity contribution in [1.29, 1.82) is 0 Å². The molecule has 0 aromatic carbocycles. The first-order chi connectivity index (χ1) is 42.6. The summed E-state index contributed by atoms with van der Waals surface area (Å²) in [6.07, 6.45) is -1.29. The van der Waals surface area contributed by atoms with Gasteiger partial charge in [-0.3, -0.25) is 4.79 Å². The van der Waals surface area contributed by atoms with Crippen molar-refractivity contribution in [3.8, 4) is 0 Å². The predicted octanol–water partition coefficient (Wildman–Crippen LogP) is 4.36. The van der Waals surface area contributed by atoms with Gasteiger partial charge >= 0.3 is 5.97 Å². The van der Waals surface area contributed by atoms with Crippen LogP contribution in [0.25, 0.3) is 0 Å². The lowest BCUT2D eigenvalue weighted by molar-refractivity contribution is -0.475. The van der Waals surface area contributed by atoms with Crippen molar-refractivity contribution in [1.82, 2.24) is 0 Å². The summed E-state index contributed by atoms with van der Waals surface area (Å²) in [4.78, 5) is 12.6. The molecule has 25 nitrogen and oxygen atoms in total. The molecule has 9 unspecified atom stereocenters. The number of esters is 1. The van der Waals surface area contributed by atoms with E-state index in [0.717, 1.165) is 0 Å². The Labute approximate surface area is 572 Å². The Morgan fingerprint density at radius 3 is 1.23 bits per heavy atom. The molecule has 0 amide bonds. The van der Waals surface area contributed by atoms with Gasteiger partial charge < -0.3 is 118 Å². The normalized spacial score (nSPS) is 54.9. The highest BCUT2D eigenvalue weighted by atomic mass is 16.8. The SMILES string of the molecule is CC[C@]1(C)C(C)(CO)O[C@@](C)(COC[C@]2(C)C(C)(CO)O[C@@](C)(COC)C(C)(O)[C@]2(C)COC[C@@]2(C)OC(C)(COC(C)=O)[C@@](C)(O)[C@@](C)(O)C2(C)COC[C@]2(C)OC(C)(C)[C@@](C)(COC[C@]3(C)OC4(C)COC(C)(C)O[C@@]4(C)[C@@](C)(O)C3(C)O)[C@H](O)C2(C)O)C(C)(O)[C@]1(C)O. The minimum absolute atomic E-state index is 0.00664. The molecule has 0 radical (unpaired) electrons. The summed E-state index contributed by atoms with van der Waals surface area (Å²) in [5, 5.41) is 137. The van der Waals surface area contributed by atoms with Crippen LogP contribution in [0, 0.1) is 27.1 Å². The smallest absolute Gasteiger partial charge is 0.302 e. The highest BCUT2D eigenvalue weighted by molar-refractivity contribution is 5.66. The van der Waals surface area contributed by atoms with Gasteiger partial charge in [0.05, 0.1) is 108 Å². The third-order valence-corrected chi connectivity index (χ3v) is 29.2. The van der Waals surface area contributed by atoms with Crippen LogP contribution in [0.3, 0.4) is 0 Å². The molecule has 11 N–H and O–H groups in total. The Morgan fingerprint density at radius 2 is 0.771 bits per heavy atom. The van der Waals surface area contributed by atoms with Crippen molar-refractivity contribution in [3.05, 3.63) is 0 Å². The van der Waals surface area contributed by atoms with Gasteiger partial charge in [-0.1, -0.05) is 41.5 Å². The van der Waals surface area contributed by atoms with Crippen LogP contribution in [0.2, 0.25) is 0 Å². The van der Waals surface area contributed by atoms with Gasteiger partial charge in [-0.05, 0) is 159 Å². The summed E-state index contributed by atoms with van der Waals surface area (Å²) in [6, 6.07) is 0. The molecule has 0 aromatic heterocycles. The molecule has 0 saturated carbocycles. The minimum atomic E-state index is -2.26. The number of hydrogen-bond acceptors (Lipinski definition) is 25. The molecule has 6 saturated heterocycles. The quantitative estimate of drug-likeness (QED) is 0.0633. The number of carbonyl (C=O) groups excluding carboxylic acids is 1. The van der Waals surface area contributed by atoms with Crippen molar-refractivity contribution in [2.24, 2.45) is 27.1 Å². The van der Waals surface area contributed by atoms with E-state index in [-0.39, 0.29) is 46.2 Å². The average molecular weight is 1380 g/mol. The number of hydrogen-bond donors (Lipinski definition) is 11. The Morgan fingerprint density at radius 1 is 0.396 bits per heavy atom. The first-order valence-corrected chi connectivity index (χ1v) is 34.1. The third-order valence-electron chi connectivity index (χ3n) is 29.2. The second kappa shape index (κ2) is 24.3. The largest absolute Gasteiger partial charge is 0.463 e. The maximum absolute atomic E-state index is 13.4. The Bertz CT molecular complexity index is 2840. The molecule has 564 valence electrons. The van der Waals surface area contributed by atoms with Crippen LogP contribution >= 0.6 is 0 Å². The van der Waals surface area contributed by atoms with Crippen molar-refractivity contribution in [2.45, 2.75) is 326 Å². The summed E-state index contributed by atoms with van der Waals surface area (Å²) in [7, 11) is 1.45. The second-order valence-corrected chi connectivity index (χ2v) is 35.6. The molecule has 96 heavy (non-hydrogen) atoms. The number of aliphatic hydroxyl groups is 11. The number of rotatable bonds is 23. The van der Waals surface area contributed by atoms with Crippen LogP contribution in [0.15, 0.2) is 0 Å². The van der Waals surface area contributed by atoms with E-state index in [1.165, 1.54) is 69.4 Å². The van der Waals surface area contributed by atoms with Crippen molar-refractivity contribution >= 4 is 5.97 Å².